The number of carbonyl (C=O) groups is 3. The van der Waals surface area contributed by atoms with Gasteiger partial charge < -0.3 is 26.2 Å². The molecule has 11 heteroatoms. The average Bonchev–Trinajstić information content (AvgIpc) is 2.99. The van der Waals surface area contributed by atoms with Crippen LogP contribution in [0.1, 0.15) is 23.1 Å². The van der Waals surface area contributed by atoms with Gasteiger partial charge in [-0.25, -0.2) is 4.39 Å². The Morgan fingerprint density at radius 3 is 2.14 bits per heavy atom. The van der Waals surface area contributed by atoms with Gasteiger partial charge in [0, 0.05) is 24.9 Å². The molecule has 0 aromatic heterocycles. The molecule has 2 amide bonds. The van der Waals surface area contributed by atoms with Crippen LogP contribution >= 0.6 is 11.6 Å². The Morgan fingerprint density at radius 1 is 1.00 bits per heavy atom. The second-order valence-electron chi connectivity index (χ2n) is 9.93. The van der Waals surface area contributed by atoms with E-state index in [-0.39, 0.29) is 31.4 Å². The van der Waals surface area contributed by atoms with Crippen LogP contribution in [0.2, 0.25) is 5.02 Å². The van der Waals surface area contributed by atoms with Crippen molar-refractivity contribution in [2.45, 2.75) is 43.3 Å². The maximum atomic E-state index is 13.9. The lowest BCUT2D eigenvalue weighted by molar-refractivity contribution is -0.143. The lowest BCUT2D eigenvalue weighted by Crippen LogP contribution is -2.65. The molecule has 0 heterocycles. The molecular weight excluding hydrogens is 565 g/mol. The molecule has 0 aliphatic carbocycles. The normalized spacial score (nSPS) is 13.8. The summed E-state index contributed by atoms with van der Waals surface area (Å²) >= 11 is 5.90. The van der Waals surface area contributed by atoms with Crippen molar-refractivity contribution in [1.82, 2.24) is 10.2 Å². The lowest BCUT2D eigenvalue weighted by Gasteiger charge is -2.38. The predicted molar refractivity (Wildman–Crippen MR) is 155 cm³/mol. The van der Waals surface area contributed by atoms with Gasteiger partial charge in [0.05, 0.1) is 12.6 Å². The van der Waals surface area contributed by atoms with Crippen LogP contribution in [-0.2, 0) is 38.4 Å². The van der Waals surface area contributed by atoms with Crippen LogP contribution in [0.4, 0.5) is 4.39 Å². The van der Waals surface area contributed by atoms with Gasteiger partial charge in [0.25, 0.3) is 0 Å². The Morgan fingerprint density at radius 2 is 1.57 bits per heavy atom. The second kappa shape index (κ2) is 14.7. The summed E-state index contributed by atoms with van der Waals surface area (Å²) in [4.78, 5) is 53.8. The first-order valence-electron chi connectivity index (χ1n) is 13.1. The number of phenolic OH excluding ortho intramolecular Hbond substituents is 1. The number of phenols is 1. The fourth-order valence-corrected chi connectivity index (χ4v) is 4.57. The number of aliphatic hydroxyl groups excluding tert-OH is 1. The Labute approximate surface area is 248 Å². The number of aryl methyl sites for hydroxylation is 1. The number of aliphatic hydroxyl groups is 1. The number of carbonyl (C=O) groups excluding carboxylic acids is 4. The third-order valence-corrected chi connectivity index (χ3v) is 7.23. The number of hydrogen-bond donors (Lipinski definition) is 4. The maximum Gasteiger partial charge on any atom is 0.237 e. The van der Waals surface area contributed by atoms with Gasteiger partial charge in [0.1, 0.15) is 17.6 Å². The van der Waals surface area contributed by atoms with E-state index in [2.05, 4.69) is 5.32 Å². The fraction of sp³-hybridized carbons (Fsp3) is 0.290. The SMILES string of the molecule is CN(C(=O)CCc1ccc(F)cc1)[C@]([C]=O)(Cc1ccc(O)cc1)C(=O)[C@H](CO)NC(=O)[C@@H](N)Cc1ccc(Cl)cc1. The number of benzene rings is 3. The highest BCUT2D eigenvalue weighted by atomic mass is 35.5. The molecule has 3 aromatic carbocycles. The van der Waals surface area contributed by atoms with Crippen molar-refractivity contribution in [3.05, 3.63) is 100 Å². The van der Waals surface area contributed by atoms with E-state index >= 15 is 0 Å². The summed E-state index contributed by atoms with van der Waals surface area (Å²) in [5.74, 6) is -2.81. The molecular formula is C31H32ClFN3O6. The Kier molecular flexibility index (Phi) is 11.3. The minimum Gasteiger partial charge on any atom is -0.508 e. The first-order valence-corrected chi connectivity index (χ1v) is 13.5. The summed E-state index contributed by atoms with van der Waals surface area (Å²) in [5, 5.41) is 22.7. The standard InChI is InChI=1S/C31H32ClFN3O6/c1-36(28(40)15-8-20-4-11-24(33)12-5-20)31(19-38,17-22-6-13-25(39)14-7-22)29(41)27(18-37)35-30(42)26(34)16-21-2-9-23(32)10-3-21/h2-7,9-14,26-27,37,39H,8,15-18,34H2,1H3,(H,35,42)/t26-,27-,31-/m0/s1. The number of likely N-dealkylation sites (N-methyl/N-ethyl adjacent to an activating group) is 1. The maximum absolute atomic E-state index is 13.9. The summed E-state index contributed by atoms with van der Waals surface area (Å²) in [7, 11) is 1.26. The highest BCUT2D eigenvalue weighted by Gasteiger charge is 2.48. The van der Waals surface area contributed by atoms with Crippen LogP contribution < -0.4 is 11.1 Å². The second-order valence-corrected chi connectivity index (χ2v) is 10.4. The van der Waals surface area contributed by atoms with Crippen molar-refractivity contribution in [1.29, 1.82) is 0 Å². The average molecular weight is 597 g/mol. The molecule has 3 atom stereocenters. The third-order valence-electron chi connectivity index (χ3n) is 6.98. The highest BCUT2D eigenvalue weighted by molar-refractivity contribution is 6.30. The van der Waals surface area contributed by atoms with Gasteiger partial charge >= 0.3 is 0 Å². The predicted octanol–water partition coefficient (Wildman–Crippen LogP) is 2.28. The summed E-state index contributed by atoms with van der Waals surface area (Å²) in [5.41, 5.74) is 5.59. The molecule has 0 spiro atoms. The summed E-state index contributed by atoms with van der Waals surface area (Å²) < 4.78 is 13.3. The van der Waals surface area contributed by atoms with E-state index < -0.39 is 47.6 Å². The van der Waals surface area contributed by atoms with E-state index in [4.69, 9.17) is 17.3 Å². The van der Waals surface area contributed by atoms with Gasteiger partial charge in [-0.2, -0.15) is 0 Å². The van der Waals surface area contributed by atoms with Crippen LogP contribution in [0.25, 0.3) is 0 Å². The Bertz CT molecular complexity index is 1390. The van der Waals surface area contributed by atoms with E-state index in [0.29, 0.717) is 21.7 Å². The smallest absolute Gasteiger partial charge is 0.237 e. The van der Waals surface area contributed by atoms with E-state index in [1.54, 1.807) is 30.6 Å². The molecule has 3 aromatic rings. The molecule has 0 saturated carbocycles. The Hall–Kier alpha value is -4.12. The molecule has 221 valence electrons. The van der Waals surface area contributed by atoms with Gasteiger partial charge in [-0.05, 0) is 65.9 Å². The molecule has 1 radical (unpaired) electrons. The number of nitrogens with two attached hydrogens (primary N) is 1. The number of nitrogens with one attached hydrogen (secondary N) is 1. The number of nitrogens with zero attached hydrogens (tertiary/aromatic N) is 1. The molecule has 0 unspecified atom stereocenters. The molecule has 5 N–H and O–H groups in total. The largest absolute Gasteiger partial charge is 0.508 e. The molecule has 3 rings (SSSR count). The number of hydrogen-bond acceptors (Lipinski definition) is 7. The molecule has 0 fully saturated rings. The number of amides is 2. The van der Waals surface area contributed by atoms with Crippen molar-refractivity contribution in [2.24, 2.45) is 5.73 Å². The van der Waals surface area contributed by atoms with E-state index in [0.717, 1.165) is 4.90 Å². The van der Waals surface area contributed by atoms with E-state index in [1.807, 2.05) is 0 Å². The minimum absolute atomic E-state index is 0.0512. The number of ketones is 1. The van der Waals surface area contributed by atoms with Crippen molar-refractivity contribution in [2.75, 3.05) is 13.7 Å². The van der Waals surface area contributed by atoms with E-state index in [9.17, 15) is 33.8 Å². The highest BCUT2D eigenvalue weighted by Crippen LogP contribution is 2.24. The summed E-state index contributed by atoms with van der Waals surface area (Å²) in [6, 6.07) is 15.2. The van der Waals surface area contributed by atoms with Gasteiger partial charge in [0.15, 0.2) is 11.3 Å². The quantitative estimate of drug-likeness (QED) is 0.209. The van der Waals surface area contributed by atoms with Gasteiger partial charge in [0.2, 0.25) is 18.1 Å². The topological polar surface area (TPSA) is 150 Å². The van der Waals surface area contributed by atoms with Crippen molar-refractivity contribution in [3.63, 3.8) is 0 Å². The van der Waals surface area contributed by atoms with Crippen LogP contribution in [0.5, 0.6) is 5.75 Å². The number of rotatable bonds is 14. The zero-order valence-electron chi connectivity index (χ0n) is 22.9. The van der Waals surface area contributed by atoms with Gasteiger partial charge in [-0.1, -0.05) is 48.0 Å². The number of aromatic hydroxyl groups is 1. The zero-order chi connectivity index (χ0) is 30.9. The monoisotopic (exact) mass is 596 g/mol. The van der Waals surface area contributed by atoms with Crippen LogP contribution in [0, 0.1) is 5.82 Å². The number of halogens is 2. The molecule has 42 heavy (non-hydrogen) atoms. The molecule has 0 aliphatic heterocycles. The first-order chi connectivity index (χ1) is 20.0. The third kappa shape index (κ3) is 8.22. The van der Waals surface area contributed by atoms with Crippen molar-refractivity contribution >= 4 is 35.5 Å². The summed E-state index contributed by atoms with van der Waals surface area (Å²) in [6.45, 7) is -0.880. The molecule has 0 bridgehead atoms. The number of Topliss-reactive ketones (excluding diaryl/α,β-unsaturated/α-hetero) is 1. The van der Waals surface area contributed by atoms with Crippen molar-refractivity contribution < 1.29 is 33.8 Å². The minimum atomic E-state index is -2.25. The molecule has 9 nitrogen and oxygen atoms in total. The van der Waals surface area contributed by atoms with Gasteiger partial charge in [-0.15, -0.1) is 0 Å². The van der Waals surface area contributed by atoms with Crippen LogP contribution in [-0.4, -0.2) is 70.3 Å². The van der Waals surface area contributed by atoms with Gasteiger partial charge in [-0.3, -0.25) is 19.2 Å². The zero-order valence-corrected chi connectivity index (χ0v) is 23.7. The fourth-order valence-electron chi connectivity index (χ4n) is 4.45. The first kappa shape index (κ1) is 32.4. The van der Waals surface area contributed by atoms with Crippen molar-refractivity contribution in [3.8, 4) is 5.75 Å². The molecule has 0 aliphatic rings. The van der Waals surface area contributed by atoms with Crippen LogP contribution in [0.15, 0.2) is 72.8 Å². The van der Waals surface area contributed by atoms with E-state index in [1.165, 1.54) is 55.6 Å². The Balaban J connectivity index is 1.85. The van der Waals surface area contributed by atoms with Crippen LogP contribution in [0.3, 0.4) is 0 Å². The summed E-state index contributed by atoms with van der Waals surface area (Å²) in [6.07, 6.45) is 1.54. The molecule has 0 saturated heterocycles. The lowest BCUT2D eigenvalue weighted by atomic mass is 9.82.